The molecular formula is C19H31ClN2O3. The lowest BCUT2D eigenvalue weighted by molar-refractivity contribution is -0.120. The highest BCUT2D eigenvalue weighted by Gasteiger charge is 2.12. The van der Waals surface area contributed by atoms with Gasteiger partial charge >= 0.3 is 0 Å². The van der Waals surface area contributed by atoms with Gasteiger partial charge in [-0.15, -0.1) is 12.4 Å². The first kappa shape index (κ1) is 21.6. The molecule has 5 nitrogen and oxygen atoms in total. The van der Waals surface area contributed by atoms with Crippen LogP contribution in [-0.4, -0.2) is 39.3 Å². The number of amides is 1. The van der Waals surface area contributed by atoms with Crippen LogP contribution in [0.4, 0.5) is 0 Å². The van der Waals surface area contributed by atoms with E-state index in [4.69, 9.17) is 9.47 Å². The summed E-state index contributed by atoms with van der Waals surface area (Å²) in [4.78, 5) is 12.2. The van der Waals surface area contributed by atoms with E-state index >= 15 is 0 Å². The van der Waals surface area contributed by atoms with E-state index in [0.717, 1.165) is 17.9 Å². The Labute approximate surface area is 157 Å². The Morgan fingerprint density at radius 3 is 2.44 bits per heavy atom. The molecule has 142 valence electrons. The van der Waals surface area contributed by atoms with Crippen LogP contribution in [0.2, 0.25) is 0 Å². The Morgan fingerprint density at radius 2 is 1.80 bits per heavy atom. The summed E-state index contributed by atoms with van der Waals surface area (Å²) in [5, 5.41) is 6.54. The molecule has 1 saturated carbocycles. The topological polar surface area (TPSA) is 59.6 Å². The summed E-state index contributed by atoms with van der Waals surface area (Å²) in [7, 11) is 3.23. The predicted molar refractivity (Wildman–Crippen MR) is 103 cm³/mol. The van der Waals surface area contributed by atoms with Gasteiger partial charge in [0.25, 0.3) is 0 Å². The molecule has 0 aliphatic heterocycles. The quantitative estimate of drug-likeness (QED) is 0.545. The van der Waals surface area contributed by atoms with Gasteiger partial charge in [0.05, 0.1) is 20.6 Å². The molecule has 0 aromatic heterocycles. The number of carbonyl (C=O) groups is 1. The molecule has 6 heteroatoms. The Bertz CT molecular complexity index is 517. The number of methoxy groups -OCH3 is 2. The third kappa shape index (κ3) is 7.53. The second-order valence-corrected chi connectivity index (χ2v) is 6.35. The van der Waals surface area contributed by atoms with Crippen LogP contribution < -0.4 is 20.1 Å². The van der Waals surface area contributed by atoms with E-state index in [1.807, 2.05) is 18.2 Å². The first-order chi connectivity index (χ1) is 11.7. The Morgan fingerprint density at radius 1 is 1.08 bits per heavy atom. The van der Waals surface area contributed by atoms with Crippen LogP contribution in [0.3, 0.4) is 0 Å². The summed E-state index contributed by atoms with van der Waals surface area (Å²) in [6, 6.07) is 6.12. The molecule has 1 aromatic carbocycles. The average Bonchev–Trinajstić information content (AvgIpc) is 2.87. The summed E-state index contributed by atoms with van der Waals surface area (Å²) in [6.07, 6.45) is 8.17. The highest BCUT2D eigenvalue weighted by molar-refractivity contribution is 5.85. The minimum Gasteiger partial charge on any atom is -0.497 e. The summed E-state index contributed by atoms with van der Waals surface area (Å²) in [5.41, 5.74) is 0.839. The zero-order valence-electron chi connectivity index (χ0n) is 15.3. The molecule has 2 rings (SSSR count). The van der Waals surface area contributed by atoms with Crippen molar-refractivity contribution in [1.29, 1.82) is 0 Å². The molecule has 0 saturated heterocycles. The first-order valence-corrected chi connectivity index (χ1v) is 8.94. The standard InChI is InChI=1S/C19H30N2O3.ClH/c1-23-17-9-10-18(24-2)15(13-17)14-19(22)21-12-11-20-16-7-5-3-4-6-8-16;/h9-10,13,16,20H,3-8,11-12,14H2,1-2H3,(H,21,22);1H. The van der Waals surface area contributed by atoms with Crippen LogP contribution in [0.25, 0.3) is 0 Å². The molecule has 0 spiro atoms. The highest BCUT2D eigenvalue weighted by atomic mass is 35.5. The van der Waals surface area contributed by atoms with Crippen LogP contribution in [0.5, 0.6) is 11.5 Å². The van der Waals surface area contributed by atoms with E-state index in [-0.39, 0.29) is 18.3 Å². The van der Waals surface area contributed by atoms with Gasteiger partial charge in [-0.1, -0.05) is 25.7 Å². The molecule has 0 heterocycles. The van der Waals surface area contributed by atoms with Crippen LogP contribution in [-0.2, 0) is 11.2 Å². The average molecular weight is 371 g/mol. The normalized spacial score (nSPS) is 15.0. The number of rotatable bonds is 8. The van der Waals surface area contributed by atoms with Gasteiger partial charge in [0, 0.05) is 24.7 Å². The summed E-state index contributed by atoms with van der Waals surface area (Å²) < 4.78 is 10.5. The lowest BCUT2D eigenvalue weighted by Gasteiger charge is -2.16. The fraction of sp³-hybridized carbons (Fsp3) is 0.632. The van der Waals surface area contributed by atoms with E-state index in [1.165, 1.54) is 38.5 Å². The summed E-state index contributed by atoms with van der Waals surface area (Å²) in [5.74, 6) is 1.44. The third-order valence-corrected chi connectivity index (χ3v) is 4.57. The van der Waals surface area contributed by atoms with Gasteiger partial charge in [-0.3, -0.25) is 4.79 Å². The van der Waals surface area contributed by atoms with Crippen LogP contribution >= 0.6 is 12.4 Å². The summed E-state index contributed by atoms with van der Waals surface area (Å²) >= 11 is 0. The van der Waals surface area contributed by atoms with Gasteiger partial charge < -0.3 is 20.1 Å². The van der Waals surface area contributed by atoms with Crippen molar-refractivity contribution in [3.63, 3.8) is 0 Å². The molecule has 1 aliphatic carbocycles. The number of nitrogens with one attached hydrogen (secondary N) is 2. The van der Waals surface area contributed by atoms with E-state index in [0.29, 0.717) is 24.8 Å². The molecule has 2 N–H and O–H groups in total. The van der Waals surface area contributed by atoms with Crippen LogP contribution in [0.15, 0.2) is 18.2 Å². The SMILES string of the molecule is COc1ccc(OC)c(CC(=O)NCCNC2CCCCCC2)c1.Cl. The number of carbonyl (C=O) groups excluding carboxylic acids is 1. The molecule has 1 fully saturated rings. The van der Waals surface area contributed by atoms with Crippen molar-refractivity contribution >= 4 is 18.3 Å². The Kier molecular flexibility index (Phi) is 10.3. The van der Waals surface area contributed by atoms with Crippen molar-refractivity contribution in [3.05, 3.63) is 23.8 Å². The lowest BCUT2D eigenvalue weighted by Crippen LogP contribution is -2.37. The Balaban J connectivity index is 0.00000312. The molecule has 0 radical (unpaired) electrons. The largest absolute Gasteiger partial charge is 0.497 e. The highest BCUT2D eigenvalue weighted by Crippen LogP contribution is 2.24. The molecule has 25 heavy (non-hydrogen) atoms. The van der Waals surface area contributed by atoms with Gasteiger partial charge in [0.2, 0.25) is 5.91 Å². The molecular weight excluding hydrogens is 340 g/mol. The van der Waals surface area contributed by atoms with Crippen molar-refractivity contribution in [2.45, 2.75) is 51.0 Å². The number of hydrogen-bond donors (Lipinski definition) is 2. The van der Waals surface area contributed by atoms with E-state index < -0.39 is 0 Å². The van der Waals surface area contributed by atoms with E-state index in [2.05, 4.69) is 10.6 Å². The number of ether oxygens (including phenoxy) is 2. The predicted octanol–water partition coefficient (Wildman–Crippen LogP) is 3.10. The number of hydrogen-bond acceptors (Lipinski definition) is 4. The Hall–Kier alpha value is -1.46. The van der Waals surface area contributed by atoms with Crippen molar-refractivity contribution < 1.29 is 14.3 Å². The smallest absolute Gasteiger partial charge is 0.224 e. The maximum atomic E-state index is 12.2. The molecule has 1 amide bonds. The molecule has 0 atom stereocenters. The van der Waals surface area contributed by atoms with Crippen molar-refractivity contribution in [2.75, 3.05) is 27.3 Å². The maximum absolute atomic E-state index is 12.2. The second-order valence-electron chi connectivity index (χ2n) is 6.35. The number of benzene rings is 1. The van der Waals surface area contributed by atoms with Gasteiger partial charge in [0.15, 0.2) is 0 Å². The minimum atomic E-state index is 0. The van der Waals surface area contributed by atoms with Gasteiger partial charge in [0.1, 0.15) is 11.5 Å². The maximum Gasteiger partial charge on any atom is 0.224 e. The second kappa shape index (κ2) is 12.0. The molecule has 1 aliphatic rings. The van der Waals surface area contributed by atoms with Crippen molar-refractivity contribution in [2.24, 2.45) is 0 Å². The lowest BCUT2D eigenvalue weighted by atomic mass is 10.1. The zero-order valence-corrected chi connectivity index (χ0v) is 16.1. The molecule has 0 unspecified atom stereocenters. The number of halogens is 1. The van der Waals surface area contributed by atoms with Crippen molar-refractivity contribution in [1.82, 2.24) is 10.6 Å². The van der Waals surface area contributed by atoms with Crippen LogP contribution in [0.1, 0.15) is 44.1 Å². The third-order valence-electron chi connectivity index (χ3n) is 4.57. The van der Waals surface area contributed by atoms with Crippen LogP contribution in [0, 0.1) is 0 Å². The summed E-state index contributed by atoms with van der Waals surface area (Å²) in [6.45, 7) is 1.48. The molecule has 1 aromatic rings. The minimum absolute atomic E-state index is 0. The molecule has 0 bridgehead atoms. The fourth-order valence-corrected chi connectivity index (χ4v) is 3.22. The zero-order chi connectivity index (χ0) is 17.2. The van der Waals surface area contributed by atoms with Gasteiger partial charge in [-0.05, 0) is 31.0 Å². The monoisotopic (exact) mass is 370 g/mol. The van der Waals surface area contributed by atoms with Crippen molar-refractivity contribution in [3.8, 4) is 11.5 Å². The van der Waals surface area contributed by atoms with Gasteiger partial charge in [-0.25, -0.2) is 0 Å². The fourth-order valence-electron chi connectivity index (χ4n) is 3.22. The van der Waals surface area contributed by atoms with E-state index in [1.54, 1.807) is 14.2 Å². The first-order valence-electron chi connectivity index (χ1n) is 8.94. The van der Waals surface area contributed by atoms with E-state index in [9.17, 15) is 4.79 Å². The van der Waals surface area contributed by atoms with Gasteiger partial charge in [-0.2, -0.15) is 0 Å².